The zero-order valence-electron chi connectivity index (χ0n) is 12.2. The van der Waals surface area contributed by atoms with Crippen LogP contribution >= 0.6 is 23.2 Å². The maximum absolute atomic E-state index is 10.3. The third kappa shape index (κ3) is 3.72. The Labute approximate surface area is 136 Å². The molecule has 0 bridgehead atoms. The Kier molecular flexibility index (Phi) is 4.77. The van der Waals surface area contributed by atoms with Crippen molar-refractivity contribution in [2.75, 3.05) is 13.1 Å². The van der Waals surface area contributed by atoms with Gasteiger partial charge < -0.3 is 10.4 Å². The van der Waals surface area contributed by atoms with Gasteiger partial charge in [-0.1, -0.05) is 29.3 Å². The zero-order chi connectivity index (χ0) is 15.0. The first-order chi connectivity index (χ1) is 10.0. The Morgan fingerprint density at radius 3 is 2.81 bits per heavy atom. The topological polar surface area (TPSA) is 35.5 Å². The van der Waals surface area contributed by atoms with E-state index in [1.807, 2.05) is 0 Å². The van der Waals surface area contributed by atoms with Crippen molar-refractivity contribution in [3.63, 3.8) is 0 Å². The molecule has 5 heteroatoms. The number of halogens is 2. The predicted molar refractivity (Wildman–Crippen MR) is 87.0 cm³/mol. The van der Waals surface area contributed by atoms with Gasteiger partial charge in [-0.3, -0.25) is 4.90 Å². The van der Waals surface area contributed by atoms with Crippen molar-refractivity contribution in [1.82, 2.24) is 10.2 Å². The molecule has 3 unspecified atom stereocenters. The van der Waals surface area contributed by atoms with E-state index in [4.69, 9.17) is 23.2 Å². The monoisotopic (exact) mass is 328 g/mol. The van der Waals surface area contributed by atoms with Crippen molar-refractivity contribution < 1.29 is 5.11 Å². The van der Waals surface area contributed by atoms with E-state index in [-0.39, 0.29) is 0 Å². The fraction of sp³-hybridized carbons (Fsp3) is 0.625. The molecule has 1 aliphatic carbocycles. The quantitative estimate of drug-likeness (QED) is 0.870. The van der Waals surface area contributed by atoms with Crippen LogP contribution < -0.4 is 5.32 Å². The molecule has 1 aliphatic heterocycles. The summed E-state index contributed by atoms with van der Waals surface area (Å²) in [5.74, 6) is 0. The Hall–Kier alpha value is -0.320. The van der Waals surface area contributed by atoms with Gasteiger partial charge in [-0.05, 0) is 38.3 Å². The normalized spacial score (nSPS) is 28.0. The third-order valence-electron chi connectivity index (χ3n) is 4.56. The lowest BCUT2D eigenvalue weighted by atomic mass is 10.1. The summed E-state index contributed by atoms with van der Waals surface area (Å²) in [7, 11) is 0. The lowest BCUT2D eigenvalue weighted by molar-refractivity contribution is 0.169. The van der Waals surface area contributed by atoms with Crippen LogP contribution in [0.4, 0.5) is 0 Å². The summed E-state index contributed by atoms with van der Waals surface area (Å²) in [5, 5.41) is 14.9. The fourth-order valence-corrected chi connectivity index (χ4v) is 3.81. The van der Waals surface area contributed by atoms with E-state index < -0.39 is 6.10 Å². The van der Waals surface area contributed by atoms with Gasteiger partial charge in [-0.15, -0.1) is 0 Å². The van der Waals surface area contributed by atoms with Gasteiger partial charge >= 0.3 is 0 Å². The molecule has 3 nitrogen and oxygen atoms in total. The van der Waals surface area contributed by atoms with E-state index in [2.05, 4.69) is 17.1 Å². The van der Waals surface area contributed by atoms with Crippen LogP contribution in [0.2, 0.25) is 10.0 Å². The molecular weight excluding hydrogens is 307 g/mol. The number of benzene rings is 1. The second-order valence-electron chi connectivity index (χ2n) is 6.30. The van der Waals surface area contributed by atoms with E-state index in [0.29, 0.717) is 28.7 Å². The van der Waals surface area contributed by atoms with Gasteiger partial charge in [0.2, 0.25) is 0 Å². The predicted octanol–water partition coefficient (Wildman–Crippen LogP) is 3.24. The number of hydrogen-bond acceptors (Lipinski definition) is 3. The average Bonchev–Trinajstić information content (AvgIpc) is 3.20. The first kappa shape index (κ1) is 15.6. The molecule has 21 heavy (non-hydrogen) atoms. The Morgan fingerprint density at radius 2 is 2.14 bits per heavy atom. The van der Waals surface area contributed by atoms with Crippen molar-refractivity contribution in [2.24, 2.45) is 0 Å². The third-order valence-corrected chi connectivity index (χ3v) is 5.12. The second kappa shape index (κ2) is 6.43. The van der Waals surface area contributed by atoms with E-state index in [0.717, 1.165) is 24.6 Å². The molecule has 1 saturated carbocycles. The first-order valence-corrected chi connectivity index (χ1v) is 8.42. The highest BCUT2D eigenvalue weighted by Crippen LogP contribution is 2.33. The smallest absolute Gasteiger partial charge is 0.0928 e. The number of nitrogens with one attached hydrogen (secondary N) is 1. The minimum absolute atomic E-state index is 0.460. The summed E-state index contributed by atoms with van der Waals surface area (Å²) < 4.78 is 0. The maximum Gasteiger partial charge on any atom is 0.0928 e. The summed E-state index contributed by atoms with van der Waals surface area (Å²) in [6.45, 7) is 3.91. The second-order valence-corrected chi connectivity index (χ2v) is 7.14. The first-order valence-electron chi connectivity index (χ1n) is 7.66. The Balaban J connectivity index is 1.53. The van der Waals surface area contributed by atoms with Crippen LogP contribution in [-0.4, -0.2) is 41.2 Å². The van der Waals surface area contributed by atoms with Gasteiger partial charge in [-0.2, -0.15) is 0 Å². The SMILES string of the molecule is CC1CC(NCC(O)c2ccc(Cl)cc2Cl)CN1C1CC1. The summed E-state index contributed by atoms with van der Waals surface area (Å²) in [4.78, 5) is 2.60. The number of hydrogen-bond donors (Lipinski definition) is 2. The molecule has 3 rings (SSSR count). The van der Waals surface area contributed by atoms with E-state index in [9.17, 15) is 5.11 Å². The van der Waals surface area contributed by atoms with Crippen LogP contribution in [0.5, 0.6) is 0 Å². The van der Waals surface area contributed by atoms with Crippen molar-refractivity contribution in [1.29, 1.82) is 0 Å². The highest BCUT2D eigenvalue weighted by molar-refractivity contribution is 6.35. The molecule has 0 aromatic heterocycles. The molecule has 0 radical (unpaired) electrons. The number of likely N-dealkylation sites (tertiary alicyclic amines) is 1. The Bertz CT molecular complexity index is 507. The maximum atomic E-state index is 10.3. The summed E-state index contributed by atoms with van der Waals surface area (Å²) in [6, 6.07) is 7.15. The fourth-order valence-electron chi connectivity index (χ4n) is 3.28. The van der Waals surface area contributed by atoms with Crippen LogP contribution in [0.15, 0.2) is 18.2 Å². The number of rotatable bonds is 5. The van der Waals surface area contributed by atoms with Crippen LogP contribution in [0, 0.1) is 0 Å². The molecule has 1 aromatic carbocycles. The van der Waals surface area contributed by atoms with Crippen LogP contribution in [0.25, 0.3) is 0 Å². The standard InChI is InChI=1S/C16H22Cl2N2O/c1-10-6-12(9-20(10)13-3-4-13)19-8-16(21)14-5-2-11(17)7-15(14)18/h2,5,7,10,12-13,16,19,21H,3-4,6,8-9H2,1H3. The van der Waals surface area contributed by atoms with Crippen LogP contribution in [-0.2, 0) is 0 Å². The van der Waals surface area contributed by atoms with E-state index in [1.54, 1.807) is 18.2 Å². The van der Waals surface area contributed by atoms with Gasteiger partial charge in [0.1, 0.15) is 0 Å². The number of aliphatic hydroxyl groups is 1. The molecule has 2 aliphatic rings. The molecule has 0 amide bonds. The molecule has 1 heterocycles. The summed E-state index contributed by atoms with van der Waals surface area (Å²) >= 11 is 12.0. The average molecular weight is 329 g/mol. The molecule has 3 atom stereocenters. The van der Waals surface area contributed by atoms with Gasteiger partial charge in [0.05, 0.1) is 6.10 Å². The molecule has 1 saturated heterocycles. The molecule has 2 N–H and O–H groups in total. The van der Waals surface area contributed by atoms with Crippen LogP contribution in [0.1, 0.15) is 37.9 Å². The molecule has 1 aromatic rings. The van der Waals surface area contributed by atoms with E-state index in [1.165, 1.54) is 12.8 Å². The van der Waals surface area contributed by atoms with Crippen molar-refractivity contribution in [3.8, 4) is 0 Å². The van der Waals surface area contributed by atoms with Crippen molar-refractivity contribution >= 4 is 23.2 Å². The van der Waals surface area contributed by atoms with Crippen LogP contribution in [0.3, 0.4) is 0 Å². The largest absolute Gasteiger partial charge is 0.387 e. The number of aliphatic hydroxyl groups excluding tert-OH is 1. The lowest BCUT2D eigenvalue weighted by Crippen LogP contribution is -2.36. The molecular formula is C16H22Cl2N2O. The highest BCUT2D eigenvalue weighted by Gasteiger charge is 2.38. The summed E-state index contributed by atoms with van der Waals surface area (Å²) in [6.07, 6.45) is 3.25. The highest BCUT2D eigenvalue weighted by atomic mass is 35.5. The Morgan fingerprint density at radius 1 is 1.38 bits per heavy atom. The molecule has 116 valence electrons. The lowest BCUT2D eigenvalue weighted by Gasteiger charge is -2.20. The summed E-state index contributed by atoms with van der Waals surface area (Å²) in [5.41, 5.74) is 0.735. The van der Waals surface area contributed by atoms with E-state index >= 15 is 0 Å². The molecule has 0 spiro atoms. The van der Waals surface area contributed by atoms with Gasteiger partial charge in [-0.25, -0.2) is 0 Å². The molecule has 2 fully saturated rings. The van der Waals surface area contributed by atoms with Crippen molar-refractivity contribution in [3.05, 3.63) is 33.8 Å². The minimum atomic E-state index is -0.597. The van der Waals surface area contributed by atoms with Gasteiger partial charge in [0.15, 0.2) is 0 Å². The van der Waals surface area contributed by atoms with Gasteiger partial charge in [0, 0.05) is 46.8 Å². The van der Waals surface area contributed by atoms with Gasteiger partial charge in [0.25, 0.3) is 0 Å². The number of nitrogens with zero attached hydrogens (tertiary/aromatic N) is 1. The van der Waals surface area contributed by atoms with Crippen molar-refractivity contribution in [2.45, 2.75) is 50.4 Å². The minimum Gasteiger partial charge on any atom is -0.387 e. The zero-order valence-corrected chi connectivity index (χ0v) is 13.7.